The molecule has 1 aliphatic heterocycles. The molecule has 2 amide bonds. The summed E-state index contributed by atoms with van der Waals surface area (Å²) in [6, 6.07) is 21.1. The van der Waals surface area contributed by atoms with Crippen molar-refractivity contribution in [3.8, 4) is 0 Å². The molecule has 202 valence electrons. The summed E-state index contributed by atoms with van der Waals surface area (Å²) in [5, 5.41) is 15.6. The van der Waals surface area contributed by atoms with E-state index in [4.69, 9.17) is 4.74 Å². The molecule has 1 saturated heterocycles. The minimum atomic E-state index is -0.919. The quantitative estimate of drug-likeness (QED) is 0.327. The fourth-order valence-electron chi connectivity index (χ4n) is 6.24. The lowest BCUT2D eigenvalue weighted by atomic mass is 9.69. The third kappa shape index (κ3) is 4.94. The monoisotopic (exact) mass is 526 g/mol. The standard InChI is InChI=1S/C32H34N2O5/c1-3-20-15-17-25-28(27(20)32(38)39-4-2)31(37)34(26(19-35)22-11-6-5-7-12-22)29(25)30(36)33-24-16-14-21-10-8-9-13-23(21)18-24/h5-18,20,25-29,35H,3-4,19H2,1-2H3,(H,33,36)/t20-,25+,26-,27-,28+,29+/m1/s1. The maximum Gasteiger partial charge on any atom is 0.310 e. The van der Waals surface area contributed by atoms with E-state index in [9.17, 15) is 19.5 Å². The number of carbonyl (C=O) groups excluding carboxylic acids is 3. The molecule has 0 saturated carbocycles. The molecule has 7 nitrogen and oxygen atoms in total. The van der Waals surface area contributed by atoms with Crippen LogP contribution in [0.4, 0.5) is 5.69 Å². The molecule has 1 heterocycles. The van der Waals surface area contributed by atoms with Crippen molar-refractivity contribution in [2.45, 2.75) is 32.4 Å². The molecule has 6 atom stereocenters. The molecule has 2 aliphatic rings. The molecule has 0 radical (unpaired) electrons. The highest BCUT2D eigenvalue weighted by molar-refractivity contribution is 6.02. The minimum absolute atomic E-state index is 0.178. The van der Waals surface area contributed by atoms with Gasteiger partial charge in [-0.05, 0) is 47.7 Å². The van der Waals surface area contributed by atoms with Crippen LogP contribution < -0.4 is 5.32 Å². The minimum Gasteiger partial charge on any atom is -0.466 e. The second-order valence-corrected chi connectivity index (χ2v) is 10.2. The van der Waals surface area contributed by atoms with Gasteiger partial charge in [-0.3, -0.25) is 14.4 Å². The molecular weight excluding hydrogens is 492 g/mol. The van der Waals surface area contributed by atoms with Crippen LogP contribution in [0, 0.1) is 23.7 Å². The maximum atomic E-state index is 14.2. The molecule has 39 heavy (non-hydrogen) atoms. The molecule has 0 aromatic heterocycles. The van der Waals surface area contributed by atoms with Crippen molar-refractivity contribution >= 4 is 34.2 Å². The zero-order chi connectivity index (χ0) is 27.5. The van der Waals surface area contributed by atoms with Crippen molar-refractivity contribution in [1.82, 2.24) is 4.90 Å². The summed E-state index contributed by atoms with van der Waals surface area (Å²) in [5.74, 6) is -3.29. The number of fused-ring (bicyclic) bond motifs is 2. The van der Waals surface area contributed by atoms with Crippen molar-refractivity contribution in [2.75, 3.05) is 18.5 Å². The summed E-state index contributed by atoms with van der Waals surface area (Å²) in [6.45, 7) is 3.57. The number of carbonyl (C=O) groups is 3. The SMILES string of the molecule is CCOC(=O)[C@H]1[C@H]2C(=O)N([C@H](CO)c3ccccc3)[C@H](C(=O)Nc3ccc4ccccc4c3)[C@H]2C=C[C@H]1CC. The van der Waals surface area contributed by atoms with E-state index in [0.717, 1.165) is 16.3 Å². The van der Waals surface area contributed by atoms with Crippen LogP contribution in [-0.2, 0) is 19.1 Å². The molecule has 5 rings (SSSR count). The van der Waals surface area contributed by atoms with Crippen LogP contribution in [0.1, 0.15) is 31.9 Å². The highest BCUT2D eigenvalue weighted by atomic mass is 16.5. The van der Waals surface area contributed by atoms with Crippen molar-refractivity contribution < 1.29 is 24.2 Å². The molecular formula is C32H34N2O5. The largest absolute Gasteiger partial charge is 0.466 e. The first-order valence-electron chi connectivity index (χ1n) is 13.6. The van der Waals surface area contributed by atoms with Crippen molar-refractivity contribution in [1.29, 1.82) is 0 Å². The maximum absolute atomic E-state index is 14.2. The van der Waals surface area contributed by atoms with E-state index in [1.54, 1.807) is 6.92 Å². The smallest absolute Gasteiger partial charge is 0.310 e. The molecule has 3 aromatic carbocycles. The zero-order valence-electron chi connectivity index (χ0n) is 22.2. The number of esters is 1. The predicted molar refractivity (Wildman–Crippen MR) is 150 cm³/mol. The van der Waals surface area contributed by atoms with Gasteiger partial charge in [0.05, 0.1) is 31.1 Å². The Labute approximate surface area is 228 Å². The topological polar surface area (TPSA) is 95.9 Å². The lowest BCUT2D eigenvalue weighted by Crippen LogP contribution is -2.46. The van der Waals surface area contributed by atoms with Crippen LogP contribution in [0.15, 0.2) is 84.9 Å². The van der Waals surface area contributed by atoms with Gasteiger partial charge in [0, 0.05) is 11.6 Å². The van der Waals surface area contributed by atoms with Crippen LogP contribution in [0.25, 0.3) is 10.8 Å². The molecule has 7 heteroatoms. The fourth-order valence-corrected chi connectivity index (χ4v) is 6.24. The molecule has 3 aromatic rings. The average molecular weight is 527 g/mol. The summed E-state index contributed by atoms with van der Waals surface area (Å²) in [4.78, 5) is 42.9. The van der Waals surface area contributed by atoms with Gasteiger partial charge in [0.25, 0.3) is 0 Å². The van der Waals surface area contributed by atoms with E-state index < -0.39 is 35.8 Å². The number of hydrogen-bond donors (Lipinski definition) is 2. The van der Waals surface area contributed by atoms with E-state index in [2.05, 4.69) is 5.32 Å². The van der Waals surface area contributed by atoms with Gasteiger partial charge in [0.15, 0.2) is 0 Å². The first-order valence-corrected chi connectivity index (χ1v) is 13.6. The number of allylic oxidation sites excluding steroid dienone is 1. The number of likely N-dealkylation sites (tertiary alicyclic amines) is 1. The summed E-state index contributed by atoms with van der Waals surface area (Å²) in [6.07, 6.45) is 4.52. The van der Waals surface area contributed by atoms with Crippen LogP contribution >= 0.6 is 0 Å². The summed E-state index contributed by atoms with van der Waals surface area (Å²) in [5.41, 5.74) is 1.34. The van der Waals surface area contributed by atoms with Gasteiger partial charge < -0.3 is 20.1 Å². The average Bonchev–Trinajstić information content (AvgIpc) is 3.25. The first kappa shape index (κ1) is 26.6. The Balaban J connectivity index is 1.56. The Morgan fingerprint density at radius 1 is 0.974 bits per heavy atom. The zero-order valence-corrected chi connectivity index (χ0v) is 22.2. The Bertz CT molecular complexity index is 1390. The van der Waals surface area contributed by atoms with Crippen molar-refractivity contribution in [3.63, 3.8) is 0 Å². The third-order valence-electron chi connectivity index (χ3n) is 8.06. The predicted octanol–water partition coefficient (Wildman–Crippen LogP) is 4.73. The number of nitrogens with zero attached hydrogens (tertiary/aromatic N) is 1. The van der Waals surface area contributed by atoms with E-state index in [-0.39, 0.29) is 30.9 Å². The van der Waals surface area contributed by atoms with E-state index in [1.165, 1.54) is 4.90 Å². The number of rotatable bonds is 8. The highest BCUT2D eigenvalue weighted by Gasteiger charge is 2.59. The molecule has 1 fully saturated rings. The molecule has 1 aliphatic carbocycles. The number of benzene rings is 3. The Kier molecular flexibility index (Phi) is 7.79. The van der Waals surface area contributed by atoms with Gasteiger partial charge >= 0.3 is 5.97 Å². The van der Waals surface area contributed by atoms with Crippen LogP contribution in [0.3, 0.4) is 0 Å². The van der Waals surface area contributed by atoms with Gasteiger partial charge in [-0.15, -0.1) is 0 Å². The van der Waals surface area contributed by atoms with E-state index in [0.29, 0.717) is 12.1 Å². The molecule has 0 spiro atoms. The number of aliphatic hydroxyl groups is 1. The Morgan fingerprint density at radius 3 is 2.38 bits per heavy atom. The van der Waals surface area contributed by atoms with Crippen LogP contribution in [0.2, 0.25) is 0 Å². The third-order valence-corrected chi connectivity index (χ3v) is 8.06. The van der Waals surface area contributed by atoms with E-state index >= 15 is 0 Å². The van der Waals surface area contributed by atoms with Crippen molar-refractivity contribution in [3.05, 3.63) is 90.5 Å². The Morgan fingerprint density at radius 2 is 1.69 bits per heavy atom. The van der Waals surface area contributed by atoms with Gasteiger partial charge in [0.2, 0.25) is 11.8 Å². The number of hydrogen-bond acceptors (Lipinski definition) is 5. The number of anilines is 1. The normalized spacial score (nSPS) is 24.8. The number of nitrogens with one attached hydrogen (secondary N) is 1. The van der Waals surface area contributed by atoms with Gasteiger partial charge in [-0.1, -0.05) is 79.7 Å². The van der Waals surface area contributed by atoms with Crippen LogP contribution in [-0.4, -0.2) is 47.0 Å². The number of ether oxygens (including phenoxy) is 1. The second-order valence-electron chi connectivity index (χ2n) is 10.2. The first-order chi connectivity index (χ1) is 19.0. The van der Waals surface area contributed by atoms with Gasteiger partial charge in [0.1, 0.15) is 6.04 Å². The van der Waals surface area contributed by atoms with Gasteiger partial charge in [-0.2, -0.15) is 0 Å². The number of amides is 2. The Hall–Kier alpha value is -3.97. The van der Waals surface area contributed by atoms with Gasteiger partial charge in [-0.25, -0.2) is 0 Å². The van der Waals surface area contributed by atoms with Crippen molar-refractivity contribution in [2.24, 2.45) is 23.7 Å². The summed E-state index contributed by atoms with van der Waals surface area (Å²) < 4.78 is 5.42. The lowest BCUT2D eigenvalue weighted by molar-refractivity contribution is -0.156. The second kappa shape index (κ2) is 11.4. The fraction of sp³-hybridized carbons (Fsp3) is 0.344. The molecule has 0 bridgehead atoms. The van der Waals surface area contributed by atoms with Crippen LogP contribution in [0.5, 0.6) is 0 Å². The highest BCUT2D eigenvalue weighted by Crippen LogP contribution is 2.48. The van der Waals surface area contributed by atoms with E-state index in [1.807, 2.05) is 91.9 Å². The summed E-state index contributed by atoms with van der Waals surface area (Å²) >= 11 is 0. The summed E-state index contributed by atoms with van der Waals surface area (Å²) in [7, 11) is 0. The lowest BCUT2D eigenvalue weighted by Gasteiger charge is -2.34. The number of aliphatic hydroxyl groups excluding tert-OH is 1. The molecule has 2 N–H and O–H groups in total. The molecule has 0 unspecified atom stereocenters.